The van der Waals surface area contributed by atoms with Crippen molar-refractivity contribution in [2.75, 3.05) is 24.7 Å². The second-order valence-electron chi connectivity index (χ2n) is 4.43. The van der Waals surface area contributed by atoms with Crippen molar-refractivity contribution in [1.29, 1.82) is 0 Å². The van der Waals surface area contributed by atoms with Crippen LogP contribution >= 0.6 is 0 Å². The van der Waals surface area contributed by atoms with Gasteiger partial charge in [0.15, 0.2) is 0 Å². The van der Waals surface area contributed by atoms with Gasteiger partial charge in [0.1, 0.15) is 6.61 Å². The zero-order valence-electron chi connectivity index (χ0n) is 9.19. The minimum atomic E-state index is 0.0827. The maximum Gasteiger partial charge on any atom is 0.253 e. The van der Waals surface area contributed by atoms with Gasteiger partial charge < -0.3 is 9.64 Å². The summed E-state index contributed by atoms with van der Waals surface area (Å²) in [6.45, 7) is 1.55. The Balaban J connectivity index is 1.94. The third-order valence-corrected chi connectivity index (χ3v) is 3.23. The van der Waals surface area contributed by atoms with Gasteiger partial charge in [-0.3, -0.25) is 4.79 Å². The number of carbonyl (C=O) groups is 1. The summed E-state index contributed by atoms with van der Waals surface area (Å²) in [5, 5.41) is 0. The predicted octanol–water partition coefficient (Wildman–Crippen LogP) is 1.93. The first-order valence-corrected chi connectivity index (χ1v) is 5.83. The minimum Gasteiger partial charge on any atom is -0.370 e. The lowest BCUT2D eigenvalue weighted by atomic mass is 10.1. The summed E-state index contributed by atoms with van der Waals surface area (Å²) in [5.41, 5.74) is 2.43. The van der Waals surface area contributed by atoms with E-state index in [0.29, 0.717) is 19.1 Å². The Morgan fingerprint density at radius 3 is 2.81 bits per heavy atom. The molecule has 3 rings (SSSR count). The number of benzene rings is 1. The molecule has 0 aromatic heterocycles. The van der Waals surface area contributed by atoms with Gasteiger partial charge in [0.2, 0.25) is 0 Å². The van der Waals surface area contributed by atoms with Gasteiger partial charge in [-0.15, -0.1) is 0 Å². The highest BCUT2D eigenvalue weighted by Gasteiger charge is 2.29. The third-order valence-electron chi connectivity index (χ3n) is 3.23. The molecular formula is C13H15NO2. The molecule has 84 valence electrons. The molecule has 0 radical (unpaired) electrons. The fraction of sp³-hybridized carbons (Fsp3) is 0.462. The SMILES string of the molecule is O=C1COCCN1c1ccccc1C1CC1. The molecule has 1 heterocycles. The van der Waals surface area contributed by atoms with Crippen LogP contribution in [-0.2, 0) is 9.53 Å². The monoisotopic (exact) mass is 217 g/mol. The Morgan fingerprint density at radius 1 is 1.25 bits per heavy atom. The molecule has 1 aromatic carbocycles. The number of amides is 1. The fourth-order valence-corrected chi connectivity index (χ4v) is 2.25. The van der Waals surface area contributed by atoms with E-state index in [9.17, 15) is 4.79 Å². The molecule has 1 saturated carbocycles. The lowest BCUT2D eigenvalue weighted by molar-refractivity contribution is -0.125. The highest BCUT2D eigenvalue weighted by atomic mass is 16.5. The van der Waals surface area contributed by atoms with Crippen LogP contribution in [-0.4, -0.2) is 25.7 Å². The van der Waals surface area contributed by atoms with E-state index >= 15 is 0 Å². The van der Waals surface area contributed by atoms with Crippen LogP contribution in [0.2, 0.25) is 0 Å². The summed E-state index contributed by atoms with van der Waals surface area (Å²) in [7, 11) is 0. The molecule has 3 heteroatoms. The number of hydrogen-bond acceptors (Lipinski definition) is 2. The topological polar surface area (TPSA) is 29.5 Å². The van der Waals surface area contributed by atoms with Crippen LogP contribution < -0.4 is 4.90 Å². The van der Waals surface area contributed by atoms with Crippen molar-refractivity contribution in [3.63, 3.8) is 0 Å². The third kappa shape index (κ3) is 1.71. The van der Waals surface area contributed by atoms with Gasteiger partial charge in [0, 0.05) is 12.2 Å². The maximum atomic E-state index is 11.8. The summed E-state index contributed by atoms with van der Waals surface area (Å²) in [4.78, 5) is 13.7. The molecule has 0 atom stereocenters. The summed E-state index contributed by atoms with van der Waals surface area (Å²) < 4.78 is 5.16. The number of hydrogen-bond donors (Lipinski definition) is 0. The molecule has 0 unspecified atom stereocenters. The highest BCUT2D eigenvalue weighted by molar-refractivity contribution is 5.95. The molecule has 1 saturated heterocycles. The Hall–Kier alpha value is -1.35. The van der Waals surface area contributed by atoms with Crippen LogP contribution in [0.15, 0.2) is 24.3 Å². The van der Waals surface area contributed by atoms with Gasteiger partial charge in [-0.2, -0.15) is 0 Å². The van der Waals surface area contributed by atoms with Crippen LogP contribution in [0.5, 0.6) is 0 Å². The number of rotatable bonds is 2. The summed E-state index contributed by atoms with van der Waals surface area (Å²) in [6, 6.07) is 8.26. The molecule has 2 aliphatic rings. The zero-order valence-corrected chi connectivity index (χ0v) is 9.19. The van der Waals surface area contributed by atoms with E-state index in [1.807, 2.05) is 11.0 Å². The van der Waals surface area contributed by atoms with E-state index < -0.39 is 0 Å². The van der Waals surface area contributed by atoms with E-state index in [1.54, 1.807) is 0 Å². The number of para-hydroxylation sites is 1. The Labute approximate surface area is 95.0 Å². The Kier molecular flexibility index (Phi) is 2.40. The van der Waals surface area contributed by atoms with Crippen LogP contribution in [0.25, 0.3) is 0 Å². The van der Waals surface area contributed by atoms with E-state index in [0.717, 1.165) is 5.69 Å². The van der Waals surface area contributed by atoms with Crippen molar-refractivity contribution in [3.8, 4) is 0 Å². The summed E-state index contributed by atoms with van der Waals surface area (Å²) >= 11 is 0. The number of anilines is 1. The van der Waals surface area contributed by atoms with Gasteiger partial charge in [-0.1, -0.05) is 18.2 Å². The van der Waals surface area contributed by atoms with E-state index in [2.05, 4.69) is 18.2 Å². The average molecular weight is 217 g/mol. The smallest absolute Gasteiger partial charge is 0.253 e. The van der Waals surface area contributed by atoms with Gasteiger partial charge in [0.05, 0.1) is 6.61 Å². The maximum absolute atomic E-state index is 11.8. The fourth-order valence-electron chi connectivity index (χ4n) is 2.25. The molecule has 0 bridgehead atoms. The number of nitrogens with zero attached hydrogens (tertiary/aromatic N) is 1. The van der Waals surface area contributed by atoms with Crippen molar-refractivity contribution in [1.82, 2.24) is 0 Å². The van der Waals surface area contributed by atoms with E-state index in [4.69, 9.17) is 4.74 Å². The van der Waals surface area contributed by atoms with Crippen LogP contribution in [0.3, 0.4) is 0 Å². The first-order chi connectivity index (χ1) is 7.86. The molecule has 3 nitrogen and oxygen atoms in total. The summed E-state index contributed by atoms with van der Waals surface area (Å²) in [6.07, 6.45) is 2.52. The highest BCUT2D eigenvalue weighted by Crippen LogP contribution is 2.44. The van der Waals surface area contributed by atoms with Gasteiger partial charge in [-0.05, 0) is 30.4 Å². The Morgan fingerprint density at radius 2 is 2.06 bits per heavy atom. The number of ether oxygens (including phenoxy) is 1. The zero-order chi connectivity index (χ0) is 11.0. The van der Waals surface area contributed by atoms with E-state index in [1.165, 1.54) is 18.4 Å². The first kappa shape index (κ1) is 9.85. The molecule has 0 spiro atoms. The molecule has 0 N–H and O–H groups in total. The predicted molar refractivity (Wildman–Crippen MR) is 61.6 cm³/mol. The minimum absolute atomic E-state index is 0.0827. The van der Waals surface area contributed by atoms with Gasteiger partial charge in [-0.25, -0.2) is 0 Å². The number of morpholine rings is 1. The normalized spacial score (nSPS) is 21.2. The van der Waals surface area contributed by atoms with Crippen LogP contribution in [0, 0.1) is 0 Å². The molecular weight excluding hydrogens is 202 g/mol. The van der Waals surface area contributed by atoms with E-state index in [-0.39, 0.29) is 12.5 Å². The molecule has 1 aliphatic carbocycles. The van der Waals surface area contributed by atoms with Crippen molar-refractivity contribution in [2.45, 2.75) is 18.8 Å². The van der Waals surface area contributed by atoms with Crippen molar-refractivity contribution in [2.24, 2.45) is 0 Å². The average Bonchev–Trinajstić information content (AvgIpc) is 3.14. The van der Waals surface area contributed by atoms with Crippen LogP contribution in [0.1, 0.15) is 24.3 Å². The van der Waals surface area contributed by atoms with Crippen molar-refractivity contribution >= 4 is 11.6 Å². The quantitative estimate of drug-likeness (QED) is 0.757. The summed E-state index contributed by atoms with van der Waals surface area (Å²) in [5.74, 6) is 0.756. The molecule has 1 aromatic rings. The standard InChI is InChI=1S/C13H15NO2/c15-13-9-16-8-7-14(13)12-4-2-1-3-11(12)10-5-6-10/h1-4,10H,5-9H2. The first-order valence-electron chi connectivity index (χ1n) is 5.83. The second-order valence-corrected chi connectivity index (χ2v) is 4.43. The second kappa shape index (κ2) is 3.91. The number of carbonyl (C=O) groups excluding carboxylic acids is 1. The lowest BCUT2D eigenvalue weighted by Gasteiger charge is -2.28. The molecule has 16 heavy (non-hydrogen) atoms. The Bertz CT molecular complexity index is 412. The van der Waals surface area contributed by atoms with Crippen LogP contribution in [0.4, 0.5) is 5.69 Å². The van der Waals surface area contributed by atoms with Crippen molar-refractivity contribution in [3.05, 3.63) is 29.8 Å². The molecule has 1 aliphatic heterocycles. The lowest BCUT2D eigenvalue weighted by Crippen LogP contribution is -2.42. The van der Waals surface area contributed by atoms with Gasteiger partial charge >= 0.3 is 0 Å². The van der Waals surface area contributed by atoms with Crippen molar-refractivity contribution < 1.29 is 9.53 Å². The molecule has 2 fully saturated rings. The van der Waals surface area contributed by atoms with Gasteiger partial charge in [0.25, 0.3) is 5.91 Å². The largest absolute Gasteiger partial charge is 0.370 e. The molecule has 1 amide bonds.